The first-order valence-corrected chi connectivity index (χ1v) is 9.92. The van der Waals surface area contributed by atoms with Gasteiger partial charge in [-0.15, -0.1) is 0 Å². The minimum absolute atomic E-state index is 0.284. The zero-order valence-corrected chi connectivity index (χ0v) is 16.7. The summed E-state index contributed by atoms with van der Waals surface area (Å²) in [7, 11) is 0. The number of hydrogen-bond acceptors (Lipinski definition) is 4. The molecule has 1 spiro atoms. The van der Waals surface area contributed by atoms with Crippen LogP contribution in [0.1, 0.15) is 21.5 Å². The highest BCUT2D eigenvalue weighted by Gasteiger charge is 2.63. The number of hydrogen-bond donors (Lipinski definition) is 1. The van der Waals surface area contributed by atoms with Crippen LogP contribution in [0.5, 0.6) is 0 Å². The van der Waals surface area contributed by atoms with Gasteiger partial charge in [0, 0.05) is 26.9 Å². The lowest BCUT2D eigenvalue weighted by molar-refractivity contribution is -0.120. The molecule has 3 aromatic carbocycles. The van der Waals surface area contributed by atoms with E-state index in [1.54, 1.807) is 24.3 Å². The van der Waals surface area contributed by atoms with E-state index in [9.17, 15) is 9.59 Å². The molecule has 3 aromatic rings. The van der Waals surface area contributed by atoms with Gasteiger partial charge in [0.05, 0.1) is 0 Å². The van der Waals surface area contributed by atoms with Crippen LogP contribution >= 0.6 is 15.9 Å². The van der Waals surface area contributed by atoms with Gasteiger partial charge in [-0.05, 0) is 18.2 Å². The summed E-state index contributed by atoms with van der Waals surface area (Å²) >= 11 is 3.43. The first kappa shape index (κ1) is 17.8. The highest BCUT2D eigenvalue weighted by molar-refractivity contribution is 9.10. The van der Waals surface area contributed by atoms with Crippen molar-refractivity contribution >= 4 is 39.0 Å². The maximum atomic E-state index is 13.4. The van der Waals surface area contributed by atoms with Gasteiger partial charge < -0.3 is 10.2 Å². The van der Waals surface area contributed by atoms with Crippen LogP contribution in [0.4, 0.5) is 5.69 Å². The number of fused-ring (bicyclic) bond motifs is 2. The maximum Gasteiger partial charge on any atom is 0.245 e. The van der Waals surface area contributed by atoms with Crippen LogP contribution < -0.4 is 5.32 Å². The van der Waals surface area contributed by atoms with Crippen molar-refractivity contribution in [3.8, 4) is 0 Å². The molecule has 0 saturated heterocycles. The average molecular weight is 447 g/mol. The van der Waals surface area contributed by atoms with E-state index in [2.05, 4.69) is 26.4 Å². The first-order chi connectivity index (χ1) is 14.1. The SMILES string of the molecule is O=C(c1ccccc1)[C@H]1ON=C(c2ccc(Br)cc2)[C@]12C(=O)Nc1ccccc12. The average Bonchev–Trinajstić information content (AvgIpc) is 3.29. The lowest BCUT2D eigenvalue weighted by Crippen LogP contribution is -2.52. The Morgan fingerprint density at radius 1 is 0.966 bits per heavy atom. The summed E-state index contributed by atoms with van der Waals surface area (Å²) in [5.41, 5.74) is 1.64. The number of rotatable bonds is 3. The Balaban J connectivity index is 1.72. The van der Waals surface area contributed by atoms with Crippen molar-refractivity contribution in [3.63, 3.8) is 0 Å². The second kappa shape index (κ2) is 6.67. The van der Waals surface area contributed by atoms with E-state index in [1.807, 2.05) is 54.6 Å². The van der Waals surface area contributed by atoms with Gasteiger partial charge in [0.1, 0.15) is 5.71 Å². The van der Waals surface area contributed by atoms with E-state index < -0.39 is 11.5 Å². The molecule has 142 valence electrons. The van der Waals surface area contributed by atoms with Crippen LogP contribution in [0.25, 0.3) is 0 Å². The topological polar surface area (TPSA) is 67.8 Å². The number of carbonyl (C=O) groups excluding carboxylic acids is 2. The van der Waals surface area contributed by atoms with E-state index in [0.717, 1.165) is 10.0 Å². The van der Waals surface area contributed by atoms with Gasteiger partial charge in [-0.1, -0.05) is 81.7 Å². The van der Waals surface area contributed by atoms with E-state index in [4.69, 9.17) is 4.84 Å². The van der Waals surface area contributed by atoms with Gasteiger partial charge in [-0.25, -0.2) is 0 Å². The van der Waals surface area contributed by atoms with Crippen molar-refractivity contribution in [1.29, 1.82) is 0 Å². The fraction of sp³-hybridized carbons (Fsp3) is 0.0870. The summed E-state index contributed by atoms with van der Waals surface area (Å²) in [6.45, 7) is 0. The number of ketones is 1. The number of para-hydroxylation sites is 1. The molecule has 2 atom stereocenters. The zero-order valence-electron chi connectivity index (χ0n) is 15.1. The molecule has 0 bridgehead atoms. The lowest BCUT2D eigenvalue weighted by Gasteiger charge is -2.27. The van der Waals surface area contributed by atoms with Crippen molar-refractivity contribution in [2.75, 3.05) is 5.32 Å². The predicted molar refractivity (Wildman–Crippen MR) is 113 cm³/mol. The van der Waals surface area contributed by atoms with Crippen LogP contribution in [-0.4, -0.2) is 23.5 Å². The lowest BCUT2D eigenvalue weighted by atomic mass is 9.69. The number of carbonyl (C=O) groups is 2. The van der Waals surface area contributed by atoms with Crippen LogP contribution in [0.15, 0.2) is 88.5 Å². The van der Waals surface area contributed by atoms with Crippen molar-refractivity contribution in [3.05, 3.63) is 100 Å². The molecule has 1 amide bonds. The van der Waals surface area contributed by atoms with E-state index in [1.165, 1.54) is 0 Å². The van der Waals surface area contributed by atoms with E-state index in [0.29, 0.717) is 22.5 Å². The number of Topliss-reactive ketones (excluding diaryl/α,β-unsaturated/α-hetero) is 1. The molecule has 0 fully saturated rings. The van der Waals surface area contributed by atoms with Crippen molar-refractivity contribution in [2.45, 2.75) is 11.5 Å². The summed E-state index contributed by atoms with van der Waals surface area (Å²) in [4.78, 5) is 32.5. The summed E-state index contributed by atoms with van der Waals surface area (Å²) in [6.07, 6.45) is -1.09. The Bertz CT molecular complexity index is 1160. The molecular weight excluding hydrogens is 432 g/mol. The number of nitrogens with one attached hydrogen (secondary N) is 1. The third-order valence-electron chi connectivity index (χ3n) is 5.39. The normalized spacial score (nSPS) is 22.0. The van der Waals surface area contributed by atoms with Crippen LogP contribution in [0.2, 0.25) is 0 Å². The molecule has 2 aliphatic rings. The van der Waals surface area contributed by atoms with Gasteiger partial charge in [-0.2, -0.15) is 0 Å². The van der Waals surface area contributed by atoms with Crippen molar-refractivity contribution in [2.24, 2.45) is 5.16 Å². The zero-order chi connectivity index (χ0) is 20.0. The molecule has 0 radical (unpaired) electrons. The number of benzene rings is 3. The number of amides is 1. The summed E-state index contributed by atoms with van der Waals surface area (Å²) < 4.78 is 0.906. The third kappa shape index (κ3) is 2.56. The third-order valence-corrected chi connectivity index (χ3v) is 5.92. The second-order valence-electron chi connectivity index (χ2n) is 6.97. The molecule has 29 heavy (non-hydrogen) atoms. The van der Waals surface area contributed by atoms with Crippen molar-refractivity contribution in [1.82, 2.24) is 0 Å². The Morgan fingerprint density at radius 2 is 1.66 bits per heavy atom. The minimum Gasteiger partial charge on any atom is -0.382 e. The Labute approximate surface area is 175 Å². The maximum absolute atomic E-state index is 13.4. The second-order valence-corrected chi connectivity index (χ2v) is 7.89. The van der Waals surface area contributed by atoms with Gasteiger partial charge in [-0.3, -0.25) is 9.59 Å². The van der Waals surface area contributed by atoms with Crippen molar-refractivity contribution < 1.29 is 14.4 Å². The number of halogens is 1. The van der Waals surface area contributed by atoms with Gasteiger partial charge >= 0.3 is 0 Å². The molecule has 0 saturated carbocycles. The molecule has 1 N–H and O–H groups in total. The molecule has 0 unspecified atom stereocenters. The number of anilines is 1. The fourth-order valence-electron chi connectivity index (χ4n) is 4.04. The number of nitrogens with zero attached hydrogens (tertiary/aromatic N) is 1. The Hall–Kier alpha value is -3.25. The van der Waals surface area contributed by atoms with E-state index in [-0.39, 0.29) is 11.7 Å². The molecule has 2 heterocycles. The molecule has 6 heteroatoms. The Kier molecular flexibility index (Phi) is 4.10. The molecule has 2 aliphatic heterocycles. The predicted octanol–water partition coefficient (Wildman–Crippen LogP) is 4.33. The molecule has 0 aromatic heterocycles. The molecule has 5 nitrogen and oxygen atoms in total. The van der Waals surface area contributed by atoms with Gasteiger partial charge in [0.2, 0.25) is 17.8 Å². The monoisotopic (exact) mass is 446 g/mol. The van der Waals surface area contributed by atoms with E-state index >= 15 is 0 Å². The van der Waals surface area contributed by atoms with Gasteiger partial charge in [0.15, 0.2) is 5.41 Å². The standard InChI is InChI=1S/C23H15BrN2O3/c24-16-12-10-15(11-13-16)20-23(17-8-4-5-9-18(17)25-22(23)28)21(29-26-20)19(27)14-6-2-1-3-7-14/h1-13,21H,(H,25,28)/t21-,23+/m1/s1. The summed E-state index contributed by atoms with van der Waals surface area (Å²) in [5, 5.41) is 7.18. The molecule has 5 rings (SSSR count). The Morgan fingerprint density at radius 3 is 2.41 bits per heavy atom. The molecule has 0 aliphatic carbocycles. The minimum atomic E-state index is -1.35. The summed E-state index contributed by atoms with van der Waals surface area (Å²) in [5.74, 6) is -0.597. The number of oxime groups is 1. The first-order valence-electron chi connectivity index (χ1n) is 9.13. The highest BCUT2D eigenvalue weighted by Crippen LogP contribution is 2.47. The quantitative estimate of drug-likeness (QED) is 0.608. The highest BCUT2D eigenvalue weighted by atomic mass is 79.9. The summed E-state index contributed by atoms with van der Waals surface area (Å²) in [6, 6.07) is 23.7. The van der Waals surface area contributed by atoms with Crippen LogP contribution in [0, 0.1) is 0 Å². The largest absolute Gasteiger partial charge is 0.382 e. The smallest absolute Gasteiger partial charge is 0.245 e. The van der Waals surface area contributed by atoms with Crippen LogP contribution in [0.3, 0.4) is 0 Å². The molecular formula is C23H15BrN2O3. The van der Waals surface area contributed by atoms with Crippen LogP contribution in [-0.2, 0) is 15.0 Å². The van der Waals surface area contributed by atoms with Gasteiger partial charge in [0.25, 0.3) is 0 Å². The fourth-order valence-corrected chi connectivity index (χ4v) is 4.31.